The number of aromatic nitrogens is 1. The van der Waals surface area contributed by atoms with Crippen molar-refractivity contribution in [2.24, 2.45) is 0 Å². The Balaban J connectivity index is 1.55. The van der Waals surface area contributed by atoms with Gasteiger partial charge in [0.1, 0.15) is 18.6 Å². The Labute approximate surface area is 141 Å². The van der Waals surface area contributed by atoms with Crippen molar-refractivity contribution in [1.29, 1.82) is 0 Å². The zero-order chi connectivity index (χ0) is 16.9. The first-order valence-corrected chi connectivity index (χ1v) is 8.00. The standard InChI is InChI=1S/C17H14FNO4S/c1-21-14-5-4-11(7-13(14)18)8-16(20)22-9-12-10-23-17(19-12)15-3-2-6-24-15/h2-7,10H,8-9H2,1H3. The van der Waals surface area contributed by atoms with Crippen LogP contribution in [0.1, 0.15) is 11.3 Å². The van der Waals surface area contributed by atoms with E-state index in [1.807, 2.05) is 17.5 Å². The molecule has 0 atom stereocenters. The highest BCUT2D eigenvalue weighted by Gasteiger charge is 2.12. The molecule has 0 radical (unpaired) electrons. The molecule has 0 bridgehead atoms. The first-order valence-electron chi connectivity index (χ1n) is 7.12. The highest BCUT2D eigenvalue weighted by atomic mass is 32.1. The summed E-state index contributed by atoms with van der Waals surface area (Å²) >= 11 is 1.51. The van der Waals surface area contributed by atoms with Crippen molar-refractivity contribution < 1.29 is 23.1 Å². The molecule has 0 aliphatic heterocycles. The molecule has 3 aromatic rings. The van der Waals surface area contributed by atoms with E-state index in [-0.39, 0.29) is 18.8 Å². The van der Waals surface area contributed by atoms with Crippen LogP contribution < -0.4 is 4.74 Å². The number of esters is 1. The second-order valence-electron chi connectivity index (χ2n) is 4.93. The normalized spacial score (nSPS) is 10.6. The molecule has 3 rings (SSSR count). The number of nitrogens with zero attached hydrogens (tertiary/aromatic N) is 1. The molecule has 7 heteroatoms. The van der Waals surface area contributed by atoms with Crippen molar-refractivity contribution in [2.45, 2.75) is 13.0 Å². The Bertz CT molecular complexity index is 829. The molecule has 124 valence electrons. The summed E-state index contributed by atoms with van der Waals surface area (Å²) in [6.07, 6.45) is 1.42. The molecule has 2 aromatic heterocycles. The van der Waals surface area contributed by atoms with Crippen LogP contribution in [0.5, 0.6) is 5.75 Å². The van der Waals surface area contributed by atoms with Gasteiger partial charge in [-0.05, 0) is 29.1 Å². The summed E-state index contributed by atoms with van der Waals surface area (Å²) in [6.45, 7) is 0.00630. The fourth-order valence-electron chi connectivity index (χ4n) is 2.08. The lowest BCUT2D eigenvalue weighted by Crippen LogP contribution is -2.08. The first kappa shape index (κ1) is 16.2. The second-order valence-corrected chi connectivity index (χ2v) is 5.88. The molecule has 5 nitrogen and oxygen atoms in total. The van der Waals surface area contributed by atoms with E-state index in [0.717, 1.165) is 4.88 Å². The number of ether oxygens (including phenoxy) is 2. The molecule has 1 aromatic carbocycles. The van der Waals surface area contributed by atoms with E-state index in [1.165, 1.54) is 36.8 Å². The number of oxazole rings is 1. The predicted molar refractivity (Wildman–Crippen MR) is 86.3 cm³/mol. The van der Waals surface area contributed by atoms with Gasteiger partial charge in [0.15, 0.2) is 11.6 Å². The quantitative estimate of drug-likeness (QED) is 0.634. The van der Waals surface area contributed by atoms with Crippen LogP contribution >= 0.6 is 11.3 Å². The zero-order valence-corrected chi connectivity index (χ0v) is 13.6. The summed E-state index contributed by atoms with van der Waals surface area (Å²) in [5.74, 6) is -0.357. The number of thiophene rings is 1. The van der Waals surface area contributed by atoms with Crippen LogP contribution in [0.2, 0.25) is 0 Å². The molecule has 0 N–H and O–H groups in total. The topological polar surface area (TPSA) is 61.6 Å². The highest BCUT2D eigenvalue weighted by Crippen LogP contribution is 2.24. The van der Waals surface area contributed by atoms with Gasteiger partial charge >= 0.3 is 5.97 Å². The van der Waals surface area contributed by atoms with Gasteiger partial charge in [-0.15, -0.1) is 11.3 Å². The third-order valence-corrected chi connectivity index (χ3v) is 4.09. The zero-order valence-electron chi connectivity index (χ0n) is 12.8. The van der Waals surface area contributed by atoms with Crippen molar-refractivity contribution in [1.82, 2.24) is 4.98 Å². The maximum Gasteiger partial charge on any atom is 0.310 e. The van der Waals surface area contributed by atoms with Gasteiger partial charge in [0, 0.05) is 0 Å². The predicted octanol–water partition coefficient (Wildman–Crippen LogP) is 3.84. The summed E-state index contributed by atoms with van der Waals surface area (Å²) in [4.78, 5) is 17.0. The SMILES string of the molecule is COc1ccc(CC(=O)OCc2coc(-c3cccs3)n2)cc1F. The molecule has 0 aliphatic carbocycles. The van der Waals surface area contributed by atoms with Crippen molar-refractivity contribution in [3.05, 3.63) is 59.0 Å². The van der Waals surface area contributed by atoms with E-state index in [9.17, 15) is 9.18 Å². The number of hydrogen-bond donors (Lipinski definition) is 0. The smallest absolute Gasteiger partial charge is 0.310 e. The molecular formula is C17H14FNO4S. The number of methoxy groups -OCH3 is 1. The number of halogens is 1. The van der Waals surface area contributed by atoms with Crippen LogP contribution in [-0.4, -0.2) is 18.1 Å². The van der Waals surface area contributed by atoms with Gasteiger partial charge in [0.05, 0.1) is 18.4 Å². The van der Waals surface area contributed by atoms with Gasteiger partial charge in [0.2, 0.25) is 5.89 Å². The fraction of sp³-hybridized carbons (Fsp3) is 0.176. The number of benzene rings is 1. The molecule has 0 spiro atoms. The molecule has 0 fully saturated rings. The molecule has 0 unspecified atom stereocenters. The average Bonchev–Trinajstić information content (AvgIpc) is 3.24. The second kappa shape index (κ2) is 7.27. The third kappa shape index (κ3) is 3.80. The van der Waals surface area contributed by atoms with Crippen molar-refractivity contribution in [2.75, 3.05) is 7.11 Å². The van der Waals surface area contributed by atoms with E-state index in [4.69, 9.17) is 13.9 Å². The van der Waals surface area contributed by atoms with Crippen LogP contribution in [0.25, 0.3) is 10.8 Å². The van der Waals surface area contributed by atoms with Crippen molar-refractivity contribution in [3.63, 3.8) is 0 Å². The third-order valence-electron chi connectivity index (χ3n) is 3.23. The van der Waals surface area contributed by atoms with E-state index in [0.29, 0.717) is 17.1 Å². The Morgan fingerprint density at radius 2 is 2.25 bits per heavy atom. The molecule has 0 amide bonds. The Hall–Kier alpha value is -2.67. The minimum Gasteiger partial charge on any atom is -0.494 e. The number of rotatable bonds is 6. The number of carbonyl (C=O) groups excluding carboxylic acids is 1. The van der Waals surface area contributed by atoms with Gasteiger partial charge in [0.25, 0.3) is 0 Å². The van der Waals surface area contributed by atoms with E-state index >= 15 is 0 Å². The van der Waals surface area contributed by atoms with Gasteiger partial charge < -0.3 is 13.9 Å². The van der Waals surface area contributed by atoms with Gasteiger partial charge in [-0.25, -0.2) is 9.37 Å². The number of carbonyl (C=O) groups is 1. The van der Waals surface area contributed by atoms with Crippen molar-refractivity contribution in [3.8, 4) is 16.5 Å². The van der Waals surface area contributed by atoms with Gasteiger partial charge in [-0.1, -0.05) is 12.1 Å². The Morgan fingerprint density at radius 1 is 1.38 bits per heavy atom. The minimum atomic E-state index is -0.514. The van der Waals surface area contributed by atoms with E-state index in [1.54, 1.807) is 6.07 Å². The van der Waals surface area contributed by atoms with Crippen LogP contribution in [0.4, 0.5) is 4.39 Å². The Kier molecular flexibility index (Phi) is 4.90. The molecule has 0 aliphatic rings. The lowest BCUT2D eigenvalue weighted by Gasteiger charge is -2.05. The van der Waals surface area contributed by atoms with Crippen LogP contribution in [0.15, 0.2) is 46.4 Å². The van der Waals surface area contributed by atoms with E-state index < -0.39 is 11.8 Å². The molecule has 24 heavy (non-hydrogen) atoms. The van der Waals surface area contributed by atoms with E-state index in [2.05, 4.69) is 4.98 Å². The summed E-state index contributed by atoms with van der Waals surface area (Å²) in [7, 11) is 1.38. The van der Waals surface area contributed by atoms with Crippen molar-refractivity contribution >= 4 is 17.3 Å². The molecule has 2 heterocycles. The average molecular weight is 347 g/mol. The maximum atomic E-state index is 13.6. The molecule has 0 saturated heterocycles. The van der Waals surface area contributed by atoms with Crippen LogP contribution in [0.3, 0.4) is 0 Å². The van der Waals surface area contributed by atoms with Crippen LogP contribution in [-0.2, 0) is 22.6 Å². The first-order chi connectivity index (χ1) is 11.7. The summed E-state index contributed by atoms with van der Waals surface area (Å²) < 4.78 is 28.9. The molecular weight excluding hydrogens is 333 g/mol. The number of hydrogen-bond acceptors (Lipinski definition) is 6. The maximum absolute atomic E-state index is 13.6. The minimum absolute atomic E-state index is 0.00630. The summed E-state index contributed by atoms with van der Waals surface area (Å²) in [5, 5.41) is 1.92. The fourth-order valence-corrected chi connectivity index (χ4v) is 2.73. The van der Waals surface area contributed by atoms with Gasteiger partial charge in [-0.3, -0.25) is 4.79 Å². The van der Waals surface area contributed by atoms with Gasteiger partial charge in [-0.2, -0.15) is 0 Å². The lowest BCUT2D eigenvalue weighted by atomic mass is 10.1. The monoisotopic (exact) mass is 347 g/mol. The summed E-state index contributed by atoms with van der Waals surface area (Å²) in [6, 6.07) is 8.14. The van der Waals surface area contributed by atoms with Crippen LogP contribution in [0, 0.1) is 5.82 Å². The highest BCUT2D eigenvalue weighted by molar-refractivity contribution is 7.13. The summed E-state index contributed by atoms with van der Waals surface area (Å²) in [5.41, 5.74) is 1.03. The molecule has 0 saturated carbocycles. The Morgan fingerprint density at radius 3 is 2.96 bits per heavy atom. The largest absolute Gasteiger partial charge is 0.494 e. The lowest BCUT2D eigenvalue weighted by molar-refractivity contribution is -0.144.